The Morgan fingerprint density at radius 1 is 1.20 bits per heavy atom. The molecule has 2 atom stereocenters. The molecule has 7 heteroatoms. The smallest absolute Gasteiger partial charge is 0.296 e. The summed E-state index contributed by atoms with van der Waals surface area (Å²) in [7, 11) is -3.74. The Bertz CT molecular complexity index is 552. The topological polar surface area (TPSA) is 93.5 Å². The lowest BCUT2D eigenvalue weighted by Crippen LogP contribution is -2.36. The number of ether oxygens (including phenoxy) is 1. The molecule has 0 amide bonds. The Hall–Kier alpha value is -1.31. The van der Waals surface area contributed by atoms with E-state index in [1.807, 2.05) is 6.07 Å². The Kier molecular flexibility index (Phi) is 4.52. The maximum Gasteiger partial charge on any atom is 0.296 e. The molecular weight excluding hydrogens is 278 g/mol. The van der Waals surface area contributed by atoms with Crippen molar-refractivity contribution >= 4 is 21.6 Å². The van der Waals surface area contributed by atoms with Gasteiger partial charge in [0.05, 0.1) is 17.9 Å². The summed E-state index contributed by atoms with van der Waals surface area (Å²) in [6, 6.07) is 7.39. The number of nitrogens with one attached hydrogen (secondary N) is 2. The third-order valence-corrected chi connectivity index (χ3v) is 3.71. The van der Waals surface area contributed by atoms with Crippen LogP contribution < -0.4 is 15.2 Å². The first-order valence-corrected chi connectivity index (χ1v) is 8.19. The molecule has 2 unspecified atom stereocenters. The molecule has 0 aromatic heterocycles. The van der Waals surface area contributed by atoms with Gasteiger partial charge in [0.2, 0.25) is 0 Å². The van der Waals surface area contributed by atoms with Crippen LogP contribution in [-0.2, 0) is 14.9 Å². The van der Waals surface area contributed by atoms with Gasteiger partial charge in [-0.15, -0.1) is 0 Å². The molecule has 0 spiro atoms. The lowest BCUT2D eigenvalue weighted by atomic mass is 9.99. The van der Waals surface area contributed by atoms with Crippen molar-refractivity contribution in [1.82, 2.24) is 0 Å². The molecule has 1 aromatic rings. The van der Waals surface area contributed by atoms with Gasteiger partial charge in [-0.2, -0.15) is 8.42 Å². The lowest BCUT2D eigenvalue weighted by Gasteiger charge is -2.33. The van der Waals surface area contributed by atoms with E-state index in [1.54, 1.807) is 18.2 Å². The van der Waals surface area contributed by atoms with E-state index in [-0.39, 0.29) is 12.2 Å². The van der Waals surface area contributed by atoms with Gasteiger partial charge < -0.3 is 10.1 Å². The SMILES string of the molecule is CC1CC(Nc2cccc(NS(N)(=O)=O)c2)CC(C)O1. The number of benzene rings is 1. The van der Waals surface area contributed by atoms with E-state index in [9.17, 15) is 8.42 Å². The minimum absolute atomic E-state index is 0.224. The molecule has 2 rings (SSSR count). The first kappa shape index (κ1) is 15.1. The standard InChI is InChI=1S/C13H21N3O3S/c1-9-6-13(7-10(2)19-9)15-11-4-3-5-12(8-11)16-20(14,17)18/h3-5,8-10,13,15-16H,6-7H2,1-2H3,(H2,14,17,18). The van der Waals surface area contributed by atoms with Crippen molar-refractivity contribution in [3.63, 3.8) is 0 Å². The number of hydrogen-bond acceptors (Lipinski definition) is 4. The molecule has 1 aliphatic heterocycles. The second-order valence-electron chi connectivity index (χ2n) is 5.30. The molecule has 1 aromatic carbocycles. The predicted octanol–water partition coefficient (Wildman–Crippen LogP) is 1.67. The minimum Gasteiger partial charge on any atom is -0.382 e. The van der Waals surface area contributed by atoms with Crippen LogP contribution in [0.15, 0.2) is 24.3 Å². The van der Waals surface area contributed by atoms with Crippen LogP contribution in [0.1, 0.15) is 26.7 Å². The van der Waals surface area contributed by atoms with Crippen LogP contribution in [-0.4, -0.2) is 26.7 Å². The van der Waals surface area contributed by atoms with Gasteiger partial charge in [-0.05, 0) is 44.9 Å². The van der Waals surface area contributed by atoms with Crippen molar-refractivity contribution in [3.05, 3.63) is 24.3 Å². The van der Waals surface area contributed by atoms with Crippen molar-refractivity contribution in [2.75, 3.05) is 10.0 Å². The molecule has 0 saturated carbocycles. The summed E-state index contributed by atoms with van der Waals surface area (Å²) in [4.78, 5) is 0. The van der Waals surface area contributed by atoms with Gasteiger partial charge in [-0.3, -0.25) is 4.72 Å². The molecule has 0 aliphatic carbocycles. The van der Waals surface area contributed by atoms with E-state index in [4.69, 9.17) is 9.88 Å². The highest BCUT2D eigenvalue weighted by atomic mass is 32.2. The number of nitrogens with two attached hydrogens (primary N) is 1. The molecule has 1 saturated heterocycles. The monoisotopic (exact) mass is 299 g/mol. The Balaban J connectivity index is 2.04. The molecule has 0 radical (unpaired) electrons. The first-order chi connectivity index (χ1) is 9.32. The fourth-order valence-electron chi connectivity index (χ4n) is 2.60. The van der Waals surface area contributed by atoms with E-state index < -0.39 is 10.2 Å². The van der Waals surface area contributed by atoms with Crippen molar-refractivity contribution in [2.24, 2.45) is 5.14 Å². The number of anilines is 2. The zero-order chi connectivity index (χ0) is 14.8. The molecule has 1 aliphatic rings. The van der Waals surface area contributed by atoms with Gasteiger partial charge in [0.15, 0.2) is 0 Å². The number of hydrogen-bond donors (Lipinski definition) is 3. The fraction of sp³-hybridized carbons (Fsp3) is 0.538. The average molecular weight is 299 g/mol. The van der Waals surface area contributed by atoms with Crippen LogP contribution in [0.25, 0.3) is 0 Å². The first-order valence-electron chi connectivity index (χ1n) is 6.64. The van der Waals surface area contributed by atoms with Gasteiger partial charge in [-0.25, -0.2) is 5.14 Å². The molecule has 1 fully saturated rings. The van der Waals surface area contributed by atoms with E-state index in [0.29, 0.717) is 11.7 Å². The molecular formula is C13H21N3O3S. The van der Waals surface area contributed by atoms with E-state index in [1.165, 1.54) is 0 Å². The van der Waals surface area contributed by atoms with Crippen LogP contribution in [0, 0.1) is 0 Å². The molecule has 4 N–H and O–H groups in total. The van der Waals surface area contributed by atoms with Crippen LogP contribution in [0.3, 0.4) is 0 Å². The summed E-state index contributed by atoms with van der Waals surface area (Å²) in [6.07, 6.45) is 2.30. The zero-order valence-electron chi connectivity index (χ0n) is 11.7. The third-order valence-electron chi connectivity index (χ3n) is 3.19. The lowest BCUT2D eigenvalue weighted by molar-refractivity contribution is -0.0337. The van der Waals surface area contributed by atoms with E-state index >= 15 is 0 Å². The van der Waals surface area contributed by atoms with E-state index in [0.717, 1.165) is 18.5 Å². The average Bonchev–Trinajstić information content (AvgIpc) is 2.25. The maximum atomic E-state index is 11.0. The molecule has 6 nitrogen and oxygen atoms in total. The summed E-state index contributed by atoms with van der Waals surface area (Å²) in [5, 5.41) is 8.37. The second kappa shape index (κ2) is 5.99. The Morgan fingerprint density at radius 3 is 2.40 bits per heavy atom. The second-order valence-corrected chi connectivity index (χ2v) is 6.59. The highest BCUT2D eigenvalue weighted by Crippen LogP contribution is 2.24. The molecule has 1 heterocycles. The fourth-order valence-corrected chi connectivity index (χ4v) is 3.05. The predicted molar refractivity (Wildman–Crippen MR) is 79.8 cm³/mol. The molecule has 20 heavy (non-hydrogen) atoms. The van der Waals surface area contributed by atoms with Crippen LogP contribution in [0.5, 0.6) is 0 Å². The van der Waals surface area contributed by atoms with E-state index in [2.05, 4.69) is 23.9 Å². The summed E-state index contributed by atoms with van der Waals surface area (Å²) >= 11 is 0. The van der Waals surface area contributed by atoms with Crippen molar-refractivity contribution in [3.8, 4) is 0 Å². The highest BCUT2D eigenvalue weighted by molar-refractivity contribution is 7.90. The van der Waals surface area contributed by atoms with Crippen molar-refractivity contribution in [1.29, 1.82) is 0 Å². The van der Waals surface area contributed by atoms with Crippen molar-refractivity contribution < 1.29 is 13.2 Å². The zero-order valence-corrected chi connectivity index (χ0v) is 12.5. The van der Waals surface area contributed by atoms with Gasteiger partial charge in [0.25, 0.3) is 10.2 Å². The van der Waals surface area contributed by atoms with Gasteiger partial charge in [0, 0.05) is 11.7 Å². The normalized spacial score (nSPS) is 27.1. The quantitative estimate of drug-likeness (QED) is 0.788. The van der Waals surface area contributed by atoms with Crippen LogP contribution in [0.2, 0.25) is 0 Å². The summed E-state index contributed by atoms with van der Waals surface area (Å²) in [5.41, 5.74) is 1.32. The Morgan fingerprint density at radius 2 is 1.80 bits per heavy atom. The largest absolute Gasteiger partial charge is 0.382 e. The highest BCUT2D eigenvalue weighted by Gasteiger charge is 2.24. The minimum atomic E-state index is -3.74. The molecule has 0 bridgehead atoms. The Labute approximate surface area is 119 Å². The van der Waals surface area contributed by atoms with Crippen LogP contribution in [0.4, 0.5) is 11.4 Å². The number of rotatable bonds is 4. The van der Waals surface area contributed by atoms with Gasteiger partial charge in [0.1, 0.15) is 0 Å². The summed E-state index contributed by atoms with van der Waals surface area (Å²) < 4.78 is 30.0. The van der Waals surface area contributed by atoms with Crippen LogP contribution >= 0.6 is 0 Å². The van der Waals surface area contributed by atoms with Crippen molar-refractivity contribution in [2.45, 2.75) is 44.9 Å². The molecule has 112 valence electrons. The maximum absolute atomic E-state index is 11.0. The summed E-state index contributed by atoms with van der Waals surface area (Å²) in [6.45, 7) is 4.12. The third kappa shape index (κ3) is 4.66. The van der Waals surface area contributed by atoms with Gasteiger partial charge >= 0.3 is 0 Å². The summed E-state index contributed by atoms with van der Waals surface area (Å²) in [5.74, 6) is 0. The van der Waals surface area contributed by atoms with Gasteiger partial charge in [-0.1, -0.05) is 6.07 Å².